The minimum atomic E-state index is 0.781. The van der Waals surface area contributed by atoms with Crippen LogP contribution in [0.25, 0.3) is 0 Å². The van der Waals surface area contributed by atoms with E-state index < -0.39 is 0 Å². The number of hydrogen-bond acceptors (Lipinski definition) is 3. The Balaban J connectivity index is 2.01. The van der Waals surface area contributed by atoms with E-state index in [0.717, 1.165) is 42.7 Å². The van der Waals surface area contributed by atoms with Gasteiger partial charge in [-0.3, -0.25) is 4.99 Å². The molecule has 0 radical (unpaired) electrons. The summed E-state index contributed by atoms with van der Waals surface area (Å²) in [5, 5.41) is 4.53. The van der Waals surface area contributed by atoms with Crippen molar-refractivity contribution in [2.75, 3.05) is 20.1 Å². The van der Waals surface area contributed by atoms with Crippen molar-refractivity contribution < 1.29 is 0 Å². The zero-order valence-electron chi connectivity index (χ0n) is 15.4. The van der Waals surface area contributed by atoms with Gasteiger partial charge in [0.15, 0.2) is 5.96 Å². The fraction of sp³-hybridized carbons (Fsp3) is 0.474. The van der Waals surface area contributed by atoms with Crippen LogP contribution in [0.2, 0.25) is 0 Å². The van der Waals surface area contributed by atoms with Crippen molar-refractivity contribution in [1.29, 1.82) is 0 Å². The number of guanidine groups is 1. The van der Waals surface area contributed by atoms with Gasteiger partial charge in [-0.1, -0.05) is 24.3 Å². The Morgan fingerprint density at radius 1 is 1.25 bits per heavy atom. The summed E-state index contributed by atoms with van der Waals surface area (Å²) >= 11 is 1.78. The first-order valence-corrected chi connectivity index (χ1v) is 9.29. The van der Waals surface area contributed by atoms with Gasteiger partial charge in [0.05, 0.1) is 10.7 Å². The molecule has 0 spiro atoms. The van der Waals surface area contributed by atoms with Crippen LogP contribution in [0.15, 0.2) is 29.3 Å². The lowest BCUT2D eigenvalue weighted by Gasteiger charge is -2.23. The molecule has 0 unspecified atom stereocenters. The van der Waals surface area contributed by atoms with Crippen LogP contribution in [0.3, 0.4) is 0 Å². The standard InChI is InChI=1S/C19H28N4S/c1-6-20-19(21-12-11-18-15(3)22-16(4)24-18)23(5)13-17-10-8-7-9-14(17)2/h7-10H,6,11-13H2,1-5H3,(H,20,21). The molecule has 1 N–H and O–H groups in total. The smallest absolute Gasteiger partial charge is 0.193 e. The molecule has 0 amide bonds. The number of aliphatic imine (C=N–C) groups is 1. The first kappa shape index (κ1) is 18.5. The highest BCUT2D eigenvalue weighted by Gasteiger charge is 2.09. The molecule has 0 aliphatic rings. The van der Waals surface area contributed by atoms with Crippen LogP contribution in [0.1, 0.15) is 33.6 Å². The van der Waals surface area contributed by atoms with Gasteiger partial charge in [0.1, 0.15) is 0 Å². The molecular formula is C19H28N4S. The second-order valence-corrected chi connectivity index (χ2v) is 7.30. The lowest BCUT2D eigenvalue weighted by Crippen LogP contribution is -2.38. The molecular weight excluding hydrogens is 316 g/mol. The Bertz CT molecular complexity index is 690. The minimum absolute atomic E-state index is 0.781. The number of benzene rings is 1. The topological polar surface area (TPSA) is 40.5 Å². The zero-order valence-corrected chi connectivity index (χ0v) is 16.2. The van der Waals surface area contributed by atoms with E-state index in [4.69, 9.17) is 4.99 Å². The van der Waals surface area contributed by atoms with Gasteiger partial charge < -0.3 is 10.2 Å². The second kappa shape index (κ2) is 8.83. The van der Waals surface area contributed by atoms with Gasteiger partial charge >= 0.3 is 0 Å². The Kier molecular flexibility index (Phi) is 6.79. The average molecular weight is 345 g/mol. The predicted octanol–water partition coefficient (Wildman–Crippen LogP) is 3.71. The number of thiazole rings is 1. The Hall–Kier alpha value is -1.88. The lowest BCUT2D eigenvalue weighted by molar-refractivity contribution is 0.476. The van der Waals surface area contributed by atoms with Crippen molar-refractivity contribution in [3.05, 3.63) is 51.0 Å². The summed E-state index contributed by atoms with van der Waals surface area (Å²) in [7, 11) is 2.09. The van der Waals surface area contributed by atoms with Gasteiger partial charge in [-0.25, -0.2) is 4.98 Å². The molecule has 4 nitrogen and oxygen atoms in total. The van der Waals surface area contributed by atoms with E-state index in [1.165, 1.54) is 16.0 Å². The SMILES string of the molecule is CCNC(=NCCc1sc(C)nc1C)N(C)Cc1ccccc1C. The summed E-state index contributed by atoms with van der Waals surface area (Å²) < 4.78 is 0. The van der Waals surface area contributed by atoms with Crippen molar-refractivity contribution in [1.82, 2.24) is 15.2 Å². The molecule has 0 bridgehead atoms. The van der Waals surface area contributed by atoms with Gasteiger partial charge in [0, 0.05) is 38.0 Å². The molecule has 0 aliphatic heterocycles. The van der Waals surface area contributed by atoms with Gasteiger partial charge in [-0.05, 0) is 38.8 Å². The predicted molar refractivity (Wildman–Crippen MR) is 104 cm³/mol. The monoisotopic (exact) mass is 344 g/mol. The van der Waals surface area contributed by atoms with Crippen molar-refractivity contribution >= 4 is 17.3 Å². The second-order valence-electron chi connectivity index (χ2n) is 6.01. The third-order valence-corrected chi connectivity index (χ3v) is 5.10. The third-order valence-electron chi connectivity index (χ3n) is 3.97. The highest BCUT2D eigenvalue weighted by atomic mass is 32.1. The lowest BCUT2D eigenvalue weighted by atomic mass is 10.1. The molecule has 0 saturated heterocycles. The summed E-state index contributed by atoms with van der Waals surface area (Å²) in [6.45, 7) is 10.9. The fourth-order valence-corrected chi connectivity index (χ4v) is 3.58. The molecule has 1 aromatic heterocycles. The maximum Gasteiger partial charge on any atom is 0.193 e. The van der Waals surface area contributed by atoms with E-state index in [2.05, 4.69) is 74.2 Å². The van der Waals surface area contributed by atoms with Gasteiger partial charge in [0.25, 0.3) is 0 Å². The van der Waals surface area contributed by atoms with Crippen molar-refractivity contribution in [3.63, 3.8) is 0 Å². The van der Waals surface area contributed by atoms with Crippen LogP contribution in [-0.4, -0.2) is 36.0 Å². The van der Waals surface area contributed by atoms with Crippen LogP contribution < -0.4 is 5.32 Å². The van der Waals surface area contributed by atoms with Gasteiger partial charge in [-0.15, -0.1) is 11.3 Å². The number of rotatable bonds is 6. The molecule has 0 fully saturated rings. The van der Waals surface area contributed by atoms with E-state index in [1.807, 2.05) is 0 Å². The fourth-order valence-electron chi connectivity index (χ4n) is 2.66. The summed E-state index contributed by atoms with van der Waals surface area (Å²) in [6.07, 6.45) is 0.949. The summed E-state index contributed by atoms with van der Waals surface area (Å²) in [6, 6.07) is 8.51. The van der Waals surface area contributed by atoms with Crippen molar-refractivity contribution in [3.8, 4) is 0 Å². The van der Waals surface area contributed by atoms with E-state index in [1.54, 1.807) is 11.3 Å². The number of aromatic nitrogens is 1. The number of nitrogens with zero attached hydrogens (tertiary/aromatic N) is 3. The van der Waals surface area contributed by atoms with E-state index in [9.17, 15) is 0 Å². The van der Waals surface area contributed by atoms with Gasteiger partial charge in [0.2, 0.25) is 0 Å². The van der Waals surface area contributed by atoms with Crippen LogP contribution in [0.5, 0.6) is 0 Å². The molecule has 5 heteroatoms. The Morgan fingerprint density at radius 3 is 2.62 bits per heavy atom. The molecule has 130 valence electrons. The van der Waals surface area contributed by atoms with E-state index in [0.29, 0.717) is 0 Å². The van der Waals surface area contributed by atoms with Crippen molar-refractivity contribution in [2.24, 2.45) is 4.99 Å². The number of hydrogen-bond donors (Lipinski definition) is 1. The number of nitrogens with one attached hydrogen (secondary N) is 1. The molecule has 2 aromatic rings. The number of aryl methyl sites for hydroxylation is 3. The van der Waals surface area contributed by atoms with Crippen LogP contribution in [0, 0.1) is 20.8 Å². The molecule has 0 saturated carbocycles. The van der Waals surface area contributed by atoms with Crippen molar-refractivity contribution in [2.45, 2.75) is 40.7 Å². The molecule has 1 heterocycles. The molecule has 0 atom stereocenters. The highest BCUT2D eigenvalue weighted by Crippen LogP contribution is 2.17. The maximum absolute atomic E-state index is 4.80. The normalized spacial score (nSPS) is 11.6. The minimum Gasteiger partial charge on any atom is -0.357 e. The van der Waals surface area contributed by atoms with E-state index in [-0.39, 0.29) is 0 Å². The molecule has 24 heavy (non-hydrogen) atoms. The summed E-state index contributed by atoms with van der Waals surface area (Å²) in [5.74, 6) is 0.958. The van der Waals surface area contributed by atoms with Gasteiger partial charge in [-0.2, -0.15) is 0 Å². The highest BCUT2D eigenvalue weighted by molar-refractivity contribution is 7.11. The van der Waals surface area contributed by atoms with Crippen LogP contribution in [-0.2, 0) is 13.0 Å². The van der Waals surface area contributed by atoms with Crippen LogP contribution in [0.4, 0.5) is 0 Å². The maximum atomic E-state index is 4.80. The largest absolute Gasteiger partial charge is 0.357 e. The molecule has 2 rings (SSSR count). The Labute approximate surface area is 149 Å². The zero-order chi connectivity index (χ0) is 17.5. The molecule has 0 aliphatic carbocycles. The summed E-state index contributed by atoms with van der Waals surface area (Å²) in [5.41, 5.74) is 3.79. The summed E-state index contributed by atoms with van der Waals surface area (Å²) in [4.78, 5) is 12.8. The first-order chi connectivity index (χ1) is 11.5. The third kappa shape index (κ3) is 5.06. The Morgan fingerprint density at radius 2 is 2.00 bits per heavy atom. The van der Waals surface area contributed by atoms with Crippen LogP contribution >= 0.6 is 11.3 Å². The quantitative estimate of drug-likeness (QED) is 0.641. The molecule has 1 aromatic carbocycles. The average Bonchev–Trinajstić information content (AvgIpc) is 2.86. The van der Waals surface area contributed by atoms with E-state index >= 15 is 0 Å². The first-order valence-electron chi connectivity index (χ1n) is 8.48.